The largest absolute Gasteiger partial charge is 0.384 e. The van der Waals surface area contributed by atoms with Gasteiger partial charge in [-0.2, -0.15) is 0 Å². The second-order valence-corrected chi connectivity index (χ2v) is 7.98. The molecule has 0 aliphatic carbocycles. The van der Waals surface area contributed by atoms with Gasteiger partial charge < -0.3 is 9.64 Å². The Balaban J connectivity index is 2.04. The Kier molecular flexibility index (Phi) is 7.64. The van der Waals surface area contributed by atoms with Gasteiger partial charge >= 0.3 is 0 Å². The topological polar surface area (TPSA) is 61.9 Å². The maximum absolute atomic E-state index is 12.1. The van der Waals surface area contributed by atoms with Crippen molar-refractivity contribution >= 4 is 10.0 Å². The molecular weight excluding hydrogens is 326 g/mol. The summed E-state index contributed by atoms with van der Waals surface area (Å²) in [5.74, 6) is -0.00534. The van der Waals surface area contributed by atoms with Crippen LogP contribution in [-0.2, 0) is 14.8 Å². The minimum atomic E-state index is -3.31. The minimum absolute atomic E-state index is 0.00534. The molecule has 1 saturated heterocycles. The lowest BCUT2D eigenvalue weighted by Crippen LogP contribution is -2.49. The lowest BCUT2D eigenvalue weighted by Gasteiger charge is -2.39. The van der Waals surface area contributed by atoms with Gasteiger partial charge in [-0.25, -0.2) is 13.1 Å². The standard InChI is InChI=1S/C17H29N3O3S/c1-3-19-9-11-20(12-10-19)17(16-7-5-4-6-8-16)15-18-24(21,22)14-13-23-2/h4-8,17-18H,3,9-15H2,1-2H3. The molecule has 0 aromatic heterocycles. The van der Waals surface area contributed by atoms with Gasteiger partial charge in [0, 0.05) is 45.9 Å². The summed E-state index contributed by atoms with van der Waals surface area (Å²) in [6, 6.07) is 10.2. The number of hydrogen-bond donors (Lipinski definition) is 1. The zero-order valence-electron chi connectivity index (χ0n) is 14.6. The smallest absolute Gasteiger partial charge is 0.213 e. The van der Waals surface area contributed by atoms with Crippen molar-refractivity contribution in [1.29, 1.82) is 0 Å². The van der Waals surface area contributed by atoms with Crippen LogP contribution in [0.4, 0.5) is 0 Å². The molecule has 2 rings (SSSR count). The Labute approximate surface area is 145 Å². The van der Waals surface area contributed by atoms with Gasteiger partial charge in [-0.15, -0.1) is 0 Å². The van der Waals surface area contributed by atoms with Crippen LogP contribution in [0, 0.1) is 0 Å². The summed E-state index contributed by atoms with van der Waals surface area (Å²) in [7, 11) is -1.80. The third-order valence-corrected chi connectivity index (χ3v) is 5.84. The Morgan fingerprint density at radius 1 is 1.17 bits per heavy atom. The third-order valence-electron chi connectivity index (χ3n) is 4.53. The molecule has 1 unspecified atom stereocenters. The zero-order chi connectivity index (χ0) is 17.4. The van der Waals surface area contributed by atoms with Crippen LogP contribution in [-0.4, -0.2) is 77.0 Å². The van der Waals surface area contributed by atoms with Crippen molar-refractivity contribution in [3.05, 3.63) is 35.9 Å². The Hall–Kier alpha value is -0.990. The van der Waals surface area contributed by atoms with Gasteiger partial charge in [-0.3, -0.25) is 4.90 Å². The van der Waals surface area contributed by atoms with Crippen molar-refractivity contribution < 1.29 is 13.2 Å². The van der Waals surface area contributed by atoms with Crippen LogP contribution in [0.3, 0.4) is 0 Å². The molecule has 7 heteroatoms. The van der Waals surface area contributed by atoms with E-state index in [0.29, 0.717) is 6.54 Å². The molecule has 0 saturated carbocycles. The van der Waals surface area contributed by atoms with Crippen LogP contribution in [0.5, 0.6) is 0 Å². The maximum Gasteiger partial charge on any atom is 0.213 e. The fourth-order valence-corrected chi connectivity index (χ4v) is 3.94. The molecule has 1 N–H and O–H groups in total. The Morgan fingerprint density at radius 2 is 1.83 bits per heavy atom. The summed E-state index contributed by atoms with van der Waals surface area (Å²) in [5, 5.41) is 0. The first-order valence-corrected chi connectivity index (χ1v) is 10.2. The van der Waals surface area contributed by atoms with Crippen LogP contribution in [0.25, 0.3) is 0 Å². The molecular formula is C17H29N3O3S. The number of nitrogens with zero attached hydrogens (tertiary/aromatic N) is 2. The lowest BCUT2D eigenvalue weighted by molar-refractivity contribution is 0.100. The van der Waals surface area contributed by atoms with Crippen molar-refractivity contribution in [2.75, 3.05) is 58.7 Å². The lowest BCUT2D eigenvalue weighted by atomic mass is 10.0. The van der Waals surface area contributed by atoms with Crippen LogP contribution in [0.2, 0.25) is 0 Å². The van der Waals surface area contributed by atoms with E-state index in [1.54, 1.807) is 0 Å². The van der Waals surface area contributed by atoms with Crippen molar-refractivity contribution in [2.24, 2.45) is 0 Å². The van der Waals surface area contributed by atoms with E-state index < -0.39 is 10.0 Å². The Morgan fingerprint density at radius 3 is 2.42 bits per heavy atom. The van der Waals surface area contributed by atoms with Gasteiger partial charge in [0.2, 0.25) is 10.0 Å². The van der Waals surface area contributed by atoms with E-state index in [2.05, 4.69) is 33.6 Å². The van der Waals surface area contributed by atoms with E-state index >= 15 is 0 Å². The number of likely N-dealkylation sites (N-methyl/N-ethyl adjacent to an activating group) is 1. The predicted molar refractivity (Wildman–Crippen MR) is 96.5 cm³/mol. The second kappa shape index (κ2) is 9.48. The van der Waals surface area contributed by atoms with Crippen molar-refractivity contribution in [3.8, 4) is 0 Å². The van der Waals surface area contributed by atoms with Gasteiger partial charge in [0.05, 0.1) is 12.4 Å². The second-order valence-electron chi connectivity index (χ2n) is 6.06. The van der Waals surface area contributed by atoms with E-state index in [-0.39, 0.29) is 18.4 Å². The molecule has 136 valence electrons. The number of hydrogen-bond acceptors (Lipinski definition) is 5. The SMILES string of the molecule is CCN1CCN(C(CNS(=O)(=O)CCOC)c2ccccc2)CC1. The fraction of sp³-hybridized carbons (Fsp3) is 0.647. The summed E-state index contributed by atoms with van der Waals surface area (Å²) in [6.07, 6.45) is 0. The highest BCUT2D eigenvalue weighted by Crippen LogP contribution is 2.21. The number of sulfonamides is 1. The van der Waals surface area contributed by atoms with Crippen LogP contribution in [0.1, 0.15) is 18.5 Å². The van der Waals surface area contributed by atoms with Crippen molar-refractivity contribution in [3.63, 3.8) is 0 Å². The first-order valence-electron chi connectivity index (χ1n) is 8.53. The molecule has 24 heavy (non-hydrogen) atoms. The quantitative estimate of drug-likeness (QED) is 0.714. The molecule has 1 fully saturated rings. The summed E-state index contributed by atoms with van der Waals surface area (Å²) in [4.78, 5) is 4.79. The molecule has 0 spiro atoms. The number of nitrogens with one attached hydrogen (secondary N) is 1. The summed E-state index contributed by atoms with van der Waals surface area (Å²) >= 11 is 0. The predicted octanol–water partition coefficient (Wildman–Crippen LogP) is 0.931. The number of rotatable bonds is 9. The molecule has 6 nitrogen and oxygen atoms in total. The number of methoxy groups -OCH3 is 1. The number of piperazine rings is 1. The first-order chi connectivity index (χ1) is 11.6. The highest BCUT2D eigenvalue weighted by molar-refractivity contribution is 7.89. The number of benzene rings is 1. The highest BCUT2D eigenvalue weighted by atomic mass is 32.2. The van der Waals surface area contributed by atoms with Crippen LogP contribution < -0.4 is 4.72 Å². The monoisotopic (exact) mass is 355 g/mol. The zero-order valence-corrected chi connectivity index (χ0v) is 15.5. The van der Waals surface area contributed by atoms with Gasteiger partial charge in [0.1, 0.15) is 0 Å². The van der Waals surface area contributed by atoms with Gasteiger partial charge in [-0.05, 0) is 12.1 Å². The molecule has 1 atom stereocenters. The van der Waals surface area contributed by atoms with Gasteiger partial charge in [0.25, 0.3) is 0 Å². The normalized spacial score (nSPS) is 18.6. The Bertz CT molecular complexity index is 572. The first kappa shape index (κ1) is 19.3. The average molecular weight is 356 g/mol. The van der Waals surface area contributed by atoms with E-state index in [4.69, 9.17) is 4.74 Å². The molecule has 1 aliphatic rings. The minimum Gasteiger partial charge on any atom is -0.384 e. The molecule has 0 bridgehead atoms. The summed E-state index contributed by atoms with van der Waals surface area (Å²) in [5.41, 5.74) is 1.15. The fourth-order valence-electron chi connectivity index (χ4n) is 3.00. The summed E-state index contributed by atoms with van der Waals surface area (Å²) in [6.45, 7) is 7.79. The van der Waals surface area contributed by atoms with Crippen LogP contribution in [0.15, 0.2) is 30.3 Å². The molecule has 0 amide bonds. The van der Waals surface area contributed by atoms with E-state index in [0.717, 1.165) is 38.3 Å². The maximum atomic E-state index is 12.1. The molecule has 1 aromatic rings. The highest BCUT2D eigenvalue weighted by Gasteiger charge is 2.25. The van der Waals surface area contributed by atoms with E-state index in [9.17, 15) is 8.42 Å². The molecule has 1 aliphatic heterocycles. The summed E-state index contributed by atoms with van der Waals surface area (Å²) < 4.78 is 31.8. The molecule has 0 radical (unpaired) electrons. The van der Waals surface area contributed by atoms with E-state index in [1.807, 2.05) is 18.2 Å². The van der Waals surface area contributed by atoms with Crippen molar-refractivity contribution in [2.45, 2.75) is 13.0 Å². The molecule has 1 heterocycles. The van der Waals surface area contributed by atoms with Gasteiger partial charge in [0.15, 0.2) is 0 Å². The van der Waals surface area contributed by atoms with Crippen molar-refractivity contribution in [1.82, 2.24) is 14.5 Å². The average Bonchev–Trinajstić information content (AvgIpc) is 2.61. The number of ether oxygens (including phenoxy) is 1. The van der Waals surface area contributed by atoms with Gasteiger partial charge in [-0.1, -0.05) is 37.3 Å². The third kappa shape index (κ3) is 5.82. The molecule has 1 aromatic carbocycles. The van der Waals surface area contributed by atoms with Crippen LogP contribution >= 0.6 is 0 Å². The van der Waals surface area contributed by atoms with E-state index in [1.165, 1.54) is 7.11 Å².